The highest BCUT2D eigenvalue weighted by molar-refractivity contribution is 7.89. The van der Waals surface area contributed by atoms with E-state index in [-0.39, 0.29) is 6.54 Å². The zero-order valence-corrected chi connectivity index (χ0v) is 15.7. The number of hydrogen-bond acceptors (Lipinski definition) is 2. The zero-order valence-electron chi connectivity index (χ0n) is 14.1. The topological polar surface area (TPSA) is 46.2 Å². The number of rotatable bonds is 4. The highest BCUT2D eigenvalue weighted by Crippen LogP contribution is 2.26. The van der Waals surface area contributed by atoms with Crippen LogP contribution in [0.2, 0.25) is 5.02 Å². The molecule has 0 aromatic heterocycles. The largest absolute Gasteiger partial charge is 0.241 e. The third-order valence-corrected chi connectivity index (χ3v) is 6.35. The van der Waals surface area contributed by atoms with Gasteiger partial charge in [0, 0.05) is 11.6 Å². The molecule has 2 aromatic rings. The molecule has 0 heterocycles. The standard InChI is InChI=1S/C18H22ClNO2S/c1-11-6-7-16(9-17(11)19)10-20-23(21,22)18-14(4)12(2)8-13(3)15(18)5/h6-9,20H,10H2,1-5H3. The van der Waals surface area contributed by atoms with Gasteiger partial charge in [0.15, 0.2) is 0 Å². The summed E-state index contributed by atoms with van der Waals surface area (Å²) in [6.45, 7) is 9.69. The molecule has 0 saturated heterocycles. The minimum Gasteiger partial charge on any atom is -0.207 e. The van der Waals surface area contributed by atoms with Crippen LogP contribution in [0.15, 0.2) is 29.2 Å². The summed E-state index contributed by atoms with van der Waals surface area (Å²) >= 11 is 6.10. The van der Waals surface area contributed by atoms with E-state index in [1.165, 1.54) is 0 Å². The van der Waals surface area contributed by atoms with Crippen LogP contribution < -0.4 is 4.72 Å². The fourth-order valence-corrected chi connectivity index (χ4v) is 4.41. The van der Waals surface area contributed by atoms with E-state index in [4.69, 9.17) is 11.6 Å². The van der Waals surface area contributed by atoms with Crippen molar-refractivity contribution in [1.82, 2.24) is 4.72 Å². The Morgan fingerprint density at radius 2 is 1.48 bits per heavy atom. The molecule has 2 rings (SSSR count). The van der Waals surface area contributed by atoms with Gasteiger partial charge in [-0.1, -0.05) is 29.8 Å². The molecule has 23 heavy (non-hydrogen) atoms. The summed E-state index contributed by atoms with van der Waals surface area (Å²) in [5.74, 6) is 0. The van der Waals surface area contributed by atoms with Gasteiger partial charge in [-0.25, -0.2) is 13.1 Å². The molecule has 3 nitrogen and oxygen atoms in total. The van der Waals surface area contributed by atoms with E-state index in [1.807, 2.05) is 52.8 Å². The van der Waals surface area contributed by atoms with Gasteiger partial charge in [-0.2, -0.15) is 0 Å². The summed E-state index contributed by atoms with van der Waals surface area (Å²) in [5.41, 5.74) is 5.35. The molecule has 0 radical (unpaired) electrons. The maximum atomic E-state index is 12.8. The van der Waals surface area contributed by atoms with Crippen molar-refractivity contribution in [1.29, 1.82) is 0 Å². The summed E-state index contributed by atoms with van der Waals surface area (Å²) in [6.07, 6.45) is 0. The van der Waals surface area contributed by atoms with E-state index in [2.05, 4.69) is 4.72 Å². The first kappa shape index (κ1) is 18.0. The number of hydrogen-bond donors (Lipinski definition) is 1. The minimum atomic E-state index is -3.58. The lowest BCUT2D eigenvalue weighted by Gasteiger charge is -2.16. The van der Waals surface area contributed by atoms with Crippen molar-refractivity contribution < 1.29 is 8.42 Å². The summed E-state index contributed by atoms with van der Waals surface area (Å²) in [6, 6.07) is 7.58. The number of nitrogens with one attached hydrogen (secondary N) is 1. The maximum Gasteiger partial charge on any atom is 0.241 e. The summed E-state index contributed by atoms with van der Waals surface area (Å²) in [7, 11) is -3.58. The predicted octanol–water partition coefficient (Wildman–Crippen LogP) is 4.36. The van der Waals surface area contributed by atoms with Crippen LogP contribution in [0.25, 0.3) is 0 Å². The lowest BCUT2D eigenvalue weighted by Crippen LogP contribution is -2.25. The first-order valence-electron chi connectivity index (χ1n) is 7.45. The molecule has 0 aliphatic rings. The summed E-state index contributed by atoms with van der Waals surface area (Å²) in [4.78, 5) is 0.383. The van der Waals surface area contributed by atoms with E-state index < -0.39 is 10.0 Å². The Hall–Kier alpha value is -1.36. The van der Waals surface area contributed by atoms with E-state index in [1.54, 1.807) is 6.07 Å². The Morgan fingerprint density at radius 1 is 0.913 bits per heavy atom. The quantitative estimate of drug-likeness (QED) is 0.889. The van der Waals surface area contributed by atoms with E-state index in [0.29, 0.717) is 9.92 Å². The average Bonchev–Trinajstić information content (AvgIpc) is 2.46. The van der Waals surface area contributed by atoms with Gasteiger partial charge in [0.2, 0.25) is 10.0 Å². The maximum absolute atomic E-state index is 12.8. The fourth-order valence-electron chi connectivity index (χ4n) is 2.58. The third kappa shape index (κ3) is 3.77. The molecule has 5 heteroatoms. The minimum absolute atomic E-state index is 0.216. The first-order valence-corrected chi connectivity index (χ1v) is 9.31. The van der Waals surface area contributed by atoms with Crippen LogP contribution in [0.5, 0.6) is 0 Å². The highest BCUT2D eigenvalue weighted by Gasteiger charge is 2.21. The molecule has 1 N–H and O–H groups in total. The van der Waals surface area contributed by atoms with Gasteiger partial charge >= 0.3 is 0 Å². The molecule has 0 atom stereocenters. The molecular formula is C18H22ClNO2S. The van der Waals surface area contributed by atoms with Gasteiger partial charge in [0.05, 0.1) is 4.90 Å². The Labute approximate surface area is 143 Å². The van der Waals surface area contributed by atoms with Crippen LogP contribution in [0.4, 0.5) is 0 Å². The van der Waals surface area contributed by atoms with E-state index in [9.17, 15) is 8.42 Å². The lowest BCUT2D eigenvalue weighted by molar-refractivity contribution is 0.579. The molecule has 124 valence electrons. The molecule has 0 saturated carbocycles. The molecule has 0 aliphatic carbocycles. The average molecular weight is 352 g/mol. The van der Waals surface area contributed by atoms with E-state index >= 15 is 0 Å². The van der Waals surface area contributed by atoms with Gasteiger partial charge in [-0.3, -0.25) is 0 Å². The fraction of sp³-hybridized carbons (Fsp3) is 0.333. The van der Waals surface area contributed by atoms with Crippen molar-refractivity contribution in [2.45, 2.75) is 46.1 Å². The second-order valence-corrected chi connectivity index (χ2v) is 8.11. The van der Waals surface area contributed by atoms with Crippen LogP contribution in [-0.4, -0.2) is 8.42 Å². The molecular weight excluding hydrogens is 330 g/mol. The molecule has 0 amide bonds. The van der Waals surface area contributed by atoms with Crippen molar-refractivity contribution in [3.63, 3.8) is 0 Å². The molecule has 0 aliphatic heterocycles. The Balaban J connectivity index is 2.35. The van der Waals surface area contributed by atoms with Crippen LogP contribution in [0.3, 0.4) is 0 Å². The molecule has 2 aromatic carbocycles. The van der Waals surface area contributed by atoms with Gasteiger partial charge in [0.25, 0.3) is 0 Å². The Kier molecular flexibility index (Phi) is 5.19. The first-order chi connectivity index (χ1) is 10.6. The van der Waals surface area contributed by atoms with Crippen LogP contribution in [0, 0.1) is 34.6 Å². The number of halogens is 1. The SMILES string of the molecule is Cc1ccc(CNS(=O)(=O)c2c(C)c(C)cc(C)c2C)cc1Cl. The Morgan fingerprint density at radius 3 is 2.00 bits per heavy atom. The molecule has 0 spiro atoms. The van der Waals surface area contributed by atoms with Gasteiger partial charge in [0.1, 0.15) is 0 Å². The monoisotopic (exact) mass is 351 g/mol. The number of aryl methyl sites for hydroxylation is 3. The molecule has 0 unspecified atom stereocenters. The second-order valence-electron chi connectivity index (χ2n) is 6.00. The van der Waals surface area contributed by atoms with E-state index in [0.717, 1.165) is 33.4 Å². The smallest absolute Gasteiger partial charge is 0.207 e. The van der Waals surface area contributed by atoms with Crippen LogP contribution in [0.1, 0.15) is 33.4 Å². The number of sulfonamides is 1. The summed E-state index contributed by atoms with van der Waals surface area (Å²) in [5, 5.41) is 0.639. The van der Waals surface area contributed by atoms with Crippen LogP contribution >= 0.6 is 11.6 Å². The molecule has 0 bridgehead atoms. The van der Waals surface area contributed by atoms with Gasteiger partial charge < -0.3 is 0 Å². The predicted molar refractivity (Wildman–Crippen MR) is 95.6 cm³/mol. The van der Waals surface area contributed by atoms with Crippen molar-refractivity contribution in [2.75, 3.05) is 0 Å². The summed E-state index contributed by atoms with van der Waals surface area (Å²) < 4.78 is 28.2. The normalized spacial score (nSPS) is 11.7. The van der Waals surface area contributed by atoms with Crippen molar-refractivity contribution in [2.24, 2.45) is 0 Å². The zero-order chi connectivity index (χ0) is 17.4. The second kappa shape index (κ2) is 6.63. The van der Waals surface area contributed by atoms with Crippen molar-refractivity contribution in [3.05, 3.63) is 62.7 Å². The third-order valence-electron chi connectivity index (χ3n) is 4.27. The van der Waals surface area contributed by atoms with Crippen LogP contribution in [-0.2, 0) is 16.6 Å². The highest BCUT2D eigenvalue weighted by atomic mass is 35.5. The lowest BCUT2D eigenvalue weighted by atomic mass is 10.0. The van der Waals surface area contributed by atoms with Crippen molar-refractivity contribution >= 4 is 21.6 Å². The van der Waals surface area contributed by atoms with Gasteiger partial charge in [-0.15, -0.1) is 0 Å². The van der Waals surface area contributed by atoms with Gasteiger partial charge in [-0.05, 0) is 74.1 Å². The Bertz CT molecular complexity index is 832. The van der Waals surface area contributed by atoms with Crippen molar-refractivity contribution in [3.8, 4) is 0 Å². The molecule has 0 fully saturated rings. The number of benzene rings is 2.